The Balaban J connectivity index is 1.10. The van der Waals surface area contributed by atoms with Crippen LogP contribution in [0.15, 0.2) is 184 Å². The highest BCUT2D eigenvalue weighted by Crippen LogP contribution is 2.49. The Morgan fingerprint density at radius 2 is 1.43 bits per heavy atom. The highest BCUT2D eigenvalue weighted by molar-refractivity contribution is 8.00. The molecule has 0 fully saturated rings. The predicted octanol–water partition coefficient (Wildman–Crippen LogP) is 12.6. The highest BCUT2D eigenvalue weighted by atomic mass is 32.2. The monoisotopic (exact) mass is 736 g/mol. The third kappa shape index (κ3) is 4.50. The number of nitrogens with zero attached hydrogens (tertiary/aromatic N) is 2. The van der Waals surface area contributed by atoms with Crippen LogP contribution in [0.5, 0.6) is 0 Å². The molecule has 12 rings (SSSR count). The number of nitrogens with one attached hydrogen (secondary N) is 1. The molecule has 264 valence electrons. The van der Waals surface area contributed by atoms with E-state index in [0.29, 0.717) is 22.2 Å². The molecule has 3 N–H and O–H groups in total. The Kier molecular flexibility index (Phi) is 6.63. The second kappa shape index (κ2) is 11.8. The van der Waals surface area contributed by atoms with Crippen molar-refractivity contribution in [2.45, 2.75) is 16.1 Å². The topological polar surface area (TPSA) is 80.3 Å². The predicted molar refractivity (Wildman–Crippen MR) is 235 cm³/mol. The van der Waals surface area contributed by atoms with Gasteiger partial charge in [-0.15, -0.1) is 11.8 Å². The Labute approximate surface area is 325 Å². The van der Waals surface area contributed by atoms with E-state index < -0.39 is 0 Å². The maximum absolute atomic E-state index is 9.41. The van der Waals surface area contributed by atoms with E-state index >= 15 is 0 Å². The average molecular weight is 737 g/mol. The van der Waals surface area contributed by atoms with Gasteiger partial charge in [-0.05, 0) is 52.1 Å². The molecule has 2 aliphatic rings. The molecule has 2 aromatic heterocycles. The first-order chi connectivity index (χ1) is 27.6. The van der Waals surface area contributed by atoms with Gasteiger partial charge < -0.3 is 14.7 Å². The third-order valence-corrected chi connectivity index (χ3v) is 13.1. The number of thioether (sulfide) groups is 1. The number of rotatable bonds is 3. The van der Waals surface area contributed by atoms with Crippen LogP contribution in [0.2, 0.25) is 0 Å². The Hall–Kier alpha value is -6.89. The van der Waals surface area contributed by atoms with Gasteiger partial charge in [0, 0.05) is 64.9 Å². The summed E-state index contributed by atoms with van der Waals surface area (Å²) >= 11 is 1.88. The van der Waals surface area contributed by atoms with Crippen LogP contribution in [-0.2, 0) is 0 Å². The zero-order valence-electron chi connectivity index (χ0n) is 30.0. The first-order valence-electron chi connectivity index (χ1n) is 18.9. The number of fused-ring (bicyclic) bond motifs is 14. The molecule has 8 aromatic carbocycles. The van der Waals surface area contributed by atoms with Gasteiger partial charge in [-0.1, -0.05) is 133 Å². The van der Waals surface area contributed by atoms with Crippen LogP contribution in [0.25, 0.3) is 81.7 Å². The molecule has 3 heterocycles. The van der Waals surface area contributed by atoms with Crippen molar-refractivity contribution in [3.8, 4) is 5.69 Å². The van der Waals surface area contributed by atoms with Gasteiger partial charge in [0.2, 0.25) is 0 Å². The summed E-state index contributed by atoms with van der Waals surface area (Å²) in [6.07, 6.45) is 6.48. The lowest BCUT2D eigenvalue weighted by Crippen LogP contribution is -2.20. The summed E-state index contributed by atoms with van der Waals surface area (Å²) in [5.74, 6) is 0.653. The van der Waals surface area contributed by atoms with Crippen molar-refractivity contribution in [1.29, 1.82) is 5.41 Å². The Bertz CT molecular complexity index is 3460. The van der Waals surface area contributed by atoms with Crippen LogP contribution in [-0.4, -0.2) is 21.5 Å². The van der Waals surface area contributed by atoms with Crippen molar-refractivity contribution in [3.63, 3.8) is 0 Å². The molecule has 5 nitrogen and oxygen atoms in total. The standard InChI is InChI=1S/C50H32N4OS/c51-49(31-21-23-45-39(25-31)34-15-7-8-19-44(34)56-45)53-50(52)37-17-9-18-43-46(37)40-27-42(33-14-5-6-16-36(33)48(40)55-43)54-41-26-30-12-2-1-11-29(30)24-38(41)35-22-20-28-10-3-4-13-32(28)47(35)54/h1-27,39,45H,(H3,51,52,53). The summed E-state index contributed by atoms with van der Waals surface area (Å²) < 4.78 is 9.17. The molecule has 0 spiro atoms. The lowest BCUT2D eigenvalue weighted by atomic mass is 9.89. The first kappa shape index (κ1) is 31.5. The fraction of sp³-hybridized carbons (Fsp3) is 0.0400. The van der Waals surface area contributed by atoms with Crippen LogP contribution in [0.3, 0.4) is 0 Å². The molecule has 0 radical (unpaired) electrons. The summed E-state index contributed by atoms with van der Waals surface area (Å²) in [7, 11) is 0. The van der Waals surface area contributed by atoms with Crippen LogP contribution < -0.4 is 5.73 Å². The smallest absolute Gasteiger partial charge is 0.154 e. The normalized spacial score (nSPS) is 16.8. The van der Waals surface area contributed by atoms with E-state index in [4.69, 9.17) is 15.1 Å². The second-order valence-electron chi connectivity index (χ2n) is 14.8. The number of nitrogens with two attached hydrogens (primary N) is 1. The summed E-state index contributed by atoms with van der Waals surface area (Å²) in [6, 6.07) is 51.6. The molecule has 1 aliphatic heterocycles. The highest BCUT2D eigenvalue weighted by Gasteiger charge is 2.32. The zero-order valence-corrected chi connectivity index (χ0v) is 30.8. The zero-order chi connectivity index (χ0) is 37.1. The van der Waals surface area contributed by atoms with Crippen LogP contribution in [0.4, 0.5) is 0 Å². The van der Waals surface area contributed by atoms with Gasteiger partial charge in [0.15, 0.2) is 5.84 Å². The number of aliphatic imine (C=N–C) groups is 1. The van der Waals surface area contributed by atoms with E-state index in [1.807, 2.05) is 30.0 Å². The van der Waals surface area contributed by atoms with E-state index in [9.17, 15) is 5.41 Å². The fourth-order valence-corrected chi connectivity index (χ4v) is 10.5. The minimum atomic E-state index is 0.0949. The molecular weight excluding hydrogens is 705 g/mol. The molecule has 2 unspecified atom stereocenters. The van der Waals surface area contributed by atoms with Crippen molar-refractivity contribution in [2.75, 3.05) is 0 Å². The second-order valence-corrected chi connectivity index (χ2v) is 16.0. The van der Waals surface area contributed by atoms with E-state index in [1.54, 1.807) is 0 Å². The SMILES string of the molecule is N=C(/N=C(\N)C1=CC2c3ccccc3SC2C=C1)c1cccc2oc3c4ccccc4c(-n4c5cc6ccccc6cc5c5ccc6ccccc6c54)cc3c12. The maximum Gasteiger partial charge on any atom is 0.154 e. The van der Waals surface area contributed by atoms with E-state index in [-0.39, 0.29) is 11.8 Å². The summed E-state index contributed by atoms with van der Waals surface area (Å²) in [5, 5.41) is 20.8. The molecule has 0 amide bonds. The number of allylic oxidation sites excluding steroid dienone is 1. The Morgan fingerprint density at radius 3 is 2.30 bits per heavy atom. The largest absolute Gasteiger partial charge is 0.455 e. The number of furan rings is 1. The van der Waals surface area contributed by atoms with E-state index in [2.05, 4.69) is 150 Å². The summed E-state index contributed by atoms with van der Waals surface area (Å²) in [6.45, 7) is 0. The number of hydrogen-bond acceptors (Lipinski definition) is 3. The van der Waals surface area contributed by atoms with Gasteiger partial charge in [0.1, 0.15) is 17.0 Å². The molecular formula is C50H32N4OS. The summed E-state index contributed by atoms with van der Waals surface area (Å²) in [5.41, 5.74) is 14.4. The van der Waals surface area contributed by atoms with Gasteiger partial charge in [0.05, 0.1) is 16.7 Å². The maximum atomic E-state index is 9.41. The minimum absolute atomic E-state index is 0.0949. The van der Waals surface area contributed by atoms with Gasteiger partial charge in [-0.25, -0.2) is 4.99 Å². The molecule has 1 aliphatic carbocycles. The molecule has 56 heavy (non-hydrogen) atoms. The molecule has 0 bridgehead atoms. The number of aromatic nitrogens is 1. The Morgan fingerprint density at radius 1 is 0.679 bits per heavy atom. The van der Waals surface area contributed by atoms with Crippen LogP contribution in [0.1, 0.15) is 17.0 Å². The van der Waals surface area contributed by atoms with Crippen molar-refractivity contribution >= 4 is 99.5 Å². The van der Waals surface area contributed by atoms with Gasteiger partial charge in [-0.2, -0.15) is 0 Å². The molecule has 10 aromatic rings. The van der Waals surface area contributed by atoms with E-state index in [0.717, 1.165) is 49.4 Å². The lowest BCUT2D eigenvalue weighted by molar-refractivity contribution is 0.672. The number of hydrogen-bond donors (Lipinski definition) is 2. The van der Waals surface area contributed by atoms with E-state index in [1.165, 1.54) is 42.8 Å². The quantitative estimate of drug-likeness (QED) is 0.140. The van der Waals surface area contributed by atoms with Crippen LogP contribution >= 0.6 is 11.8 Å². The van der Waals surface area contributed by atoms with Crippen molar-refractivity contribution in [1.82, 2.24) is 4.57 Å². The molecule has 0 saturated carbocycles. The number of amidine groups is 2. The fourth-order valence-electron chi connectivity index (χ4n) is 9.19. The summed E-state index contributed by atoms with van der Waals surface area (Å²) in [4.78, 5) is 6.07. The molecule has 6 heteroatoms. The number of benzene rings is 8. The minimum Gasteiger partial charge on any atom is -0.455 e. The third-order valence-electron chi connectivity index (χ3n) is 11.7. The van der Waals surface area contributed by atoms with Crippen molar-refractivity contribution in [3.05, 3.63) is 181 Å². The van der Waals surface area contributed by atoms with Crippen molar-refractivity contribution < 1.29 is 4.42 Å². The lowest BCUT2D eigenvalue weighted by Gasteiger charge is -2.18. The first-order valence-corrected chi connectivity index (χ1v) is 19.8. The van der Waals surface area contributed by atoms with Gasteiger partial charge in [0.25, 0.3) is 0 Å². The average Bonchev–Trinajstić information content (AvgIpc) is 3.91. The van der Waals surface area contributed by atoms with Crippen molar-refractivity contribution in [2.24, 2.45) is 10.7 Å². The molecule has 0 saturated heterocycles. The molecule has 2 atom stereocenters. The van der Waals surface area contributed by atoms with Gasteiger partial charge >= 0.3 is 0 Å². The van der Waals surface area contributed by atoms with Crippen LogP contribution in [0, 0.1) is 5.41 Å². The van der Waals surface area contributed by atoms with Gasteiger partial charge in [-0.3, -0.25) is 5.41 Å².